The summed E-state index contributed by atoms with van der Waals surface area (Å²) in [5, 5.41) is 0. The second-order valence-electron chi connectivity index (χ2n) is 8.07. The summed E-state index contributed by atoms with van der Waals surface area (Å²) in [6.07, 6.45) is 0.254. The minimum atomic E-state index is -0.355. The van der Waals surface area contributed by atoms with Crippen molar-refractivity contribution in [3.05, 3.63) is 82.2 Å². The Morgan fingerprint density at radius 2 is 1.41 bits per heavy atom. The largest absolute Gasteiger partial charge is 0.497 e. The van der Waals surface area contributed by atoms with Gasteiger partial charge in [0.1, 0.15) is 11.5 Å². The Balaban J connectivity index is 1.86. The lowest BCUT2D eigenvalue weighted by Gasteiger charge is -2.23. The fourth-order valence-electron chi connectivity index (χ4n) is 3.89. The predicted molar refractivity (Wildman–Crippen MR) is 130 cm³/mol. The van der Waals surface area contributed by atoms with E-state index < -0.39 is 0 Å². The highest BCUT2D eigenvalue weighted by Crippen LogP contribution is 2.23. The fourth-order valence-corrected chi connectivity index (χ4v) is 3.89. The quantitative estimate of drug-likeness (QED) is 0.444. The van der Waals surface area contributed by atoms with Crippen LogP contribution in [0.3, 0.4) is 0 Å². The zero-order valence-electron chi connectivity index (χ0n) is 20.4. The normalized spacial score (nSPS) is 10.6. The van der Waals surface area contributed by atoms with Crippen molar-refractivity contribution in [2.45, 2.75) is 40.3 Å². The van der Waals surface area contributed by atoms with E-state index in [1.165, 1.54) is 0 Å². The first kappa shape index (κ1) is 24.9. The maximum atomic E-state index is 13.4. The van der Waals surface area contributed by atoms with Crippen LogP contribution in [0.4, 0.5) is 0 Å². The van der Waals surface area contributed by atoms with Crippen LogP contribution in [0.15, 0.2) is 48.5 Å². The number of aryl methyl sites for hydroxylation is 1. The zero-order valence-corrected chi connectivity index (χ0v) is 20.4. The van der Waals surface area contributed by atoms with Crippen LogP contribution in [0.5, 0.6) is 11.5 Å². The number of H-pyrrole nitrogens is 1. The van der Waals surface area contributed by atoms with E-state index in [0.29, 0.717) is 25.3 Å². The van der Waals surface area contributed by atoms with E-state index in [1.807, 2.05) is 62.4 Å². The summed E-state index contributed by atoms with van der Waals surface area (Å²) in [5.41, 5.74) is 4.76. The molecule has 0 unspecified atom stereocenters. The molecule has 0 fully saturated rings. The first-order valence-corrected chi connectivity index (χ1v) is 11.2. The summed E-state index contributed by atoms with van der Waals surface area (Å²) >= 11 is 0. The van der Waals surface area contributed by atoms with Crippen molar-refractivity contribution in [3.8, 4) is 11.5 Å². The Morgan fingerprint density at radius 3 is 1.94 bits per heavy atom. The van der Waals surface area contributed by atoms with Crippen LogP contribution in [-0.4, -0.2) is 42.6 Å². The number of esters is 1. The van der Waals surface area contributed by atoms with Crippen molar-refractivity contribution in [1.29, 1.82) is 0 Å². The second-order valence-corrected chi connectivity index (χ2v) is 8.07. The number of aromatic amines is 1. The number of carbonyl (C=O) groups is 2. The molecular formula is C27H32N2O5. The van der Waals surface area contributed by atoms with Crippen LogP contribution in [0.1, 0.15) is 45.4 Å². The monoisotopic (exact) mass is 464 g/mol. The Bertz CT molecular complexity index is 1120. The number of rotatable bonds is 10. The van der Waals surface area contributed by atoms with Crippen LogP contribution >= 0.6 is 0 Å². The minimum Gasteiger partial charge on any atom is -0.497 e. The molecule has 0 aliphatic heterocycles. The van der Waals surface area contributed by atoms with Crippen molar-refractivity contribution in [1.82, 2.24) is 9.88 Å². The van der Waals surface area contributed by atoms with Crippen LogP contribution < -0.4 is 9.47 Å². The number of nitrogens with zero attached hydrogens (tertiary/aromatic N) is 1. The predicted octanol–water partition coefficient (Wildman–Crippen LogP) is 4.60. The minimum absolute atomic E-state index is 0.0228. The smallest absolute Gasteiger partial charge is 0.340 e. The lowest BCUT2D eigenvalue weighted by Crippen LogP contribution is -2.31. The molecule has 3 rings (SSSR count). The molecule has 7 nitrogen and oxygen atoms in total. The Hall–Kier alpha value is -3.74. The van der Waals surface area contributed by atoms with Crippen molar-refractivity contribution >= 4 is 11.9 Å². The molecule has 0 aliphatic rings. The van der Waals surface area contributed by atoms with E-state index in [-0.39, 0.29) is 18.3 Å². The maximum Gasteiger partial charge on any atom is 0.340 e. The van der Waals surface area contributed by atoms with Gasteiger partial charge in [-0.25, -0.2) is 4.79 Å². The summed E-state index contributed by atoms with van der Waals surface area (Å²) in [4.78, 5) is 30.9. The summed E-state index contributed by atoms with van der Waals surface area (Å²) < 4.78 is 15.7. The summed E-state index contributed by atoms with van der Waals surface area (Å²) in [7, 11) is 3.24. The fraction of sp³-hybridized carbons (Fsp3) is 0.333. The third kappa shape index (κ3) is 5.98. The number of carbonyl (C=O) groups excluding carboxylic acids is 2. The van der Waals surface area contributed by atoms with Gasteiger partial charge in [0.05, 0.1) is 39.4 Å². The molecule has 1 heterocycles. The van der Waals surface area contributed by atoms with Crippen molar-refractivity contribution < 1.29 is 23.8 Å². The zero-order chi connectivity index (χ0) is 24.7. The third-order valence-corrected chi connectivity index (χ3v) is 5.77. The molecule has 0 atom stereocenters. The van der Waals surface area contributed by atoms with Crippen LogP contribution in [0.25, 0.3) is 0 Å². The number of nitrogens with one attached hydrogen (secondary N) is 1. The van der Waals surface area contributed by atoms with Gasteiger partial charge in [-0.05, 0) is 61.7 Å². The molecule has 34 heavy (non-hydrogen) atoms. The first-order chi connectivity index (χ1) is 16.4. The van der Waals surface area contributed by atoms with Crippen molar-refractivity contribution in [2.24, 2.45) is 0 Å². The maximum absolute atomic E-state index is 13.4. The molecule has 0 saturated carbocycles. The van der Waals surface area contributed by atoms with E-state index in [1.54, 1.807) is 26.0 Å². The summed E-state index contributed by atoms with van der Waals surface area (Å²) in [5.74, 6) is 1.13. The molecule has 0 spiro atoms. The van der Waals surface area contributed by atoms with Gasteiger partial charge in [0.25, 0.3) is 0 Å². The van der Waals surface area contributed by atoms with Gasteiger partial charge in [-0.3, -0.25) is 4.79 Å². The standard InChI is InChI=1S/C27H32N2O5/c1-6-34-27(31)26-18(2)24(28-19(26)3)17-29(16-21-9-13-23(33-5)14-10-21)25(30)15-20-7-11-22(32-4)12-8-20/h7-14,28H,6,15-17H2,1-5H3. The topological polar surface area (TPSA) is 80.9 Å². The molecule has 1 N–H and O–H groups in total. The average Bonchev–Trinajstić information content (AvgIpc) is 3.12. The van der Waals surface area contributed by atoms with Gasteiger partial charge in [-0.15, -0.1) is 0 Å². The van der Waals surface area contributed by atoms with Crippen LogP contribution in [0.2, 0.25) is 0 Å². The number of hydrogen-bond donors (Lipinski definition) is 1. The first-order valence-electron chi connectivity index (χ1n) is 11.2. The van der Waals surface area contributed by atoms with Gasteiger partial charge in [-0.1, -0.05) is 24.3 Å². The number of benzene rings is 2. The lowest BCUT2D eigenvalue weighted by molar-refractivity contribution is -0.131. The highest BCUT2D eigenvalue weighted by Gasteiger charge is 2.23. The molecule has 2 aromatic carbocycles. The third-order valence-electron chi connectivity index (χ3n) is 5.77. The molecular weight excluding hydrogens is 432 g/mol. The van der Waals surface area contributed by atoms with Crippen LogP contribution in [-0.2, 0) is 29.0 Å². The molecule has 3 aromatic rings. The lowest BCUT2D eigenvalue weighted by atomic mass is 10.1. The van der Waals surface area contributed by atoms with E-state index in [0.717, 1.165) is 39.6 Å². The Kier molecular flexibility index (Phi) is 8.35. The van der Waals surface area contributed by atoms with Gasteiger partial charge in [0.2, 0.25) is 5.91 Å². The van der Waals surface area contributed by atoms with Crippen molar-refractivity contribution in [3.63, 3.8) is 0 Å². The average molecular weight is 465 g/mol. The molecule has 0 aliphatic carbocycles. The van der Waals surface area contributed by atoms with Gasteiger partial charge < -0.3 is 24.1 Å². The number of amides is 1. The molecule has 0 bridgehead atoms. The van der Waals surface area contributed by atoms with Gasteiger partial charge in [0, 0.05) is 17.9 Å². The SMILES string of the molecule is CCOC(=O)c1c(C)[nH]c(CN(Cc2ccc(OC)cc2)C(=O)Cc2ccc(OC)cc2)c1C. The molecule has 0 saturated heterocycles. The number of methoxy groups -OCH3 is 2. The molecule has 1 amide bonds. The molecule has 7 heteroatoms. The van der Waals surface area contributed by atoms with E-state index in [2.05, 4.69) is 4.98 Å². The molecule has 180 valence electrons. The number of aromatic nitrogens is 1. The highest BCUT2D eigenvalue weighted by molar-refractivity contribution is 5.93. The summed E-state index contributed by atoms with van der Waals surface area (Å²) in [6.45, 7) is 6.57. The van der Waals surface area contributed by atoms with Gasteiger partial charge in [0.15, 0.2) is 0 Å². The summed E-state index contributed by atoms with van der Waals surface area (Å²) in [6, 6.07) is 15.1. The van der Waals surface area contributed by atoms with Gasteiger partial charge >= 0.3 is 5.97 Å². The van der Waals surface area contributed by atoms with Gasteiger partial charge in [-0.2, -0.15) is 0 Å². The highest BCUT2D eigenvalue weighted by atomic mass is 16.5. The molecule has 1 aromatic heterocycles. The van der Waals surface area contributed by atoms with E-state index in [4.69, 9.17) is 14.2 Å². The van der Waals surface area contributed by atoms with Crippen LogP contribution in [0, 0.1) is 13.8 Å². The Labute approximate surface area is 200 Å². The van der Waals surface area contributed by atoms with E-state index >= 15 is 0 Å². The number of hydrogen-bond acceptors (Lipinski definition) is 5. The van der Waals surface area contributed by atoms with E-state index in [9.17, 15) is 9.59 Å². The number of ether oxygens (including phenoxy) is 3. The Morgan fingerprint density at radius 1 is 0.853 bits per heavy atom. The molecule has 0 radical (unpaired) electrons. The second kappa shape index (κ2) is 11.4. The van der Waals surface area contributed by atoms with Crippen molar-refractivity contribution in [2.75, 3.05) is 20.8 Å².